The van der Waals surface area contributed by atoms with Gasteiger partial charge in [0, 0.05) is 0 Å². The molecular weight excluding hydrogens is 168 g/mol. The molecule has 0 saturated heterocycles. The van der Waals surface area contributed by atoms with Crippen LogP contribution in [0, 0.1) is 11.3 Å². The maximum atomic E-state index is 2.43. The average Bonchev–Trinajstić information content (AvgIpc) is 2.39. The summed E-state index contributed by atoms with van der Waals surface area (Å²) in [5, 5.41) is 0. The van der Waals surface area contributed by atoms with Crippen LogP contribution in [0.25, 0.3) is 0 Å². The minimum atomic E-state index is 0.421. The molecule has 0 aromatic carbocycles. The van der Waals surface area contributed by atoms with Gasteiger partial charge in [0.15, 0.2) is 0 Å². The molecule has 1 unspecified atom stereocenters. The second-order valence-corrected chi connectivity index (χ2v) is 5.18. The van der Waals surface area contributed by atoms with E-state index in [0.717, 1.165) is 5.92 Å². The van der Waals surface area contributed by atoms with Crippen LogP contribution in [0.4, 0.5) is 0 Å². The summed E-state index contributed by atoms with van der Waals surface area (Å²) in [4.78, 5) is 0. The number of hydrogen-bond donors (Lipinski definition) is 0. The maximum Gasteiger partial charge on any atom is -0.0113 e. The van der Waals surface area contributed by atoms with Crippen molar-refractivity contribution in [1.82, 2.24) is 0 Å². The van der Waals surface area contributed by atoms with E-state index in [1.165, 1.54) is 24.8 Å². The Labute approximate surface area is 89.1 Å². The summed E-state index contributed by atoms with van der Waals surface area (Å²) >= 11 is 0. The molecule has 0 nitrogen and oxygen atoms in total. The van der Waals surface area contributed by atoms with Gasteiger partial charge in [-0.3, -0.25) is 0 Å². The maximum absolute atomic E-state index is 2.43. The predicted octanol–water partition coefficient (Wildman–Crippen LogP) is 4.73. The second kappa shape index (κ2) is 4.33. The van der Waals surface area contributed by atoms with E-state index in [0.29, 0.717) is 5.41 Å². The highest BCUT2D eigenvalue weighted by atomic mass is 14.4. The number of rotatable bonds is 3. The standard InChI is InChI=1S/C14H24/c1-6-11(2)7-9-13-10-8-12(3)14(13,4)5/h7-8,13H,6,9-10H2,1-5H3. The van der Waals surface area contributed by atoms with E-state index in [9.17, 15) is 0 Å². The summed E-state index contributed by atoms with van der Waals surface area (Å²) in [5.41, 5.74) is 3.53. The minimum Gasteiger partial charge on any atom is -0.0853 e. The summed E-state index contributed by atoms with van der Waals surface area (Å²) in [6, 6.07) is 0. The van der Waals surface area contributed by atoms with Crippen LogP contribution in [-0.4, -0.2) is 0 Å². The molecule has 0 aromatic heterocycles. The molecule has 0 amide bonds. The van der Waals surface area contributed by atoms with E-state index in [-0.39, 0.29) is 0 Å². The molecule has 0 radical (unpaired) electrons. The van der Waals surface area contributed by atoms with Crippen LogP contribution in [0.15, 0.2) is 23.3 Å². The van der Waals surface area contributed by atoms with E-state index in [1.807, 2.05) is 0 Å². The largest absolute Gasteiger partial charge is 0.0853 e. The van der Waals surface area contributed by atoms with Crippen molar-refractivity contribution in [2.24, 2.45) is 11.3 Å². The van der Waals surface area contributed by atoms with E-state index in [2.05, 4.69) is 46.8 Å². The van der Waals surface area contributed by atoms with Crippen molar-refractivity contribution < 1.29 is 0 Å². The third-order valence-corrected chi connectivity index (χ3v) is 4.05. The molecule has 0 spiro atoms. The van der Waals surface area contributed by atoms with Gasteiger partial charge in [0.1, 0.15) is 0 Å². The van der Waals surface area contributed by atoms with Crippen molar-refractivity contribution in [1.29, 1.82) is 0 Å². The molecule has 0 heterocycles. The fourth-order valence-electron chi connectivity index (χ4n) is 2.08. The lowest BCUT2D eigenvalue weighted by atomic mass is 9.76. The van der Waals surface area contributed by atoms with Gasteiger partial charge < -0.3 is 0 Å². The monoisotopic (exact) mass is 192 g/mol. The Balaban J connectivity index is 2.58. The van der Waals surface area contributed by atoms with Gasteiger partial charge in [0.05, 0.1) is 0 Å². The number of hydrogen-bond acceptors (Lipinski definition) is 0. The highest BCUT2D eigenvalue weighted by molar-refractivity contribution is 5.19. The van der Waals surface area contributed by atoms with Gasteiger partial charge >= 0.3 is 0 Å². The molecule has 0 fully saturated rings. The first-order chi connectivity index (χ1) is 6.48. The van der Waals surface area contributed by atoms with Crippen molar-refractivity contribution in [2.45, 2.75) is 53.9 Å². The highest BCUT2D eigenvalue weighted by Gasteiger charge is 2.33. The molecule has 1 atom stereocenters. The molecule has 0 N–H and O–H groups in total. The van der Waals surface area contributed by atoms with Crippen LogP contribution < -0.4 is 0 Å². The smallest absolute Gasteiger partial charge is 0.0113 e. The summed E-state index contributed by atoms with van der Waals surface area (Å²) in [6.45, 7) is 11.5. The van der Waals surface area contributed by atoms with E-state index in [4.69, 9.17) is 0 Å². The third kappa shape index (κ3) is 2.29. The number of allylic oxidation sites excluding steroid dienone is 4. The van der Waals surface area contributed by atoms with Gasteiger partial charge in [-0.25, -0.2) is 0 Å². The molecule has 0 saturated carbocycles. The van der Waals surface area contributed by atoms with Crippen LogP contribution in [0.1, 0.15) is 53.9 Å². The summed E-state index contributed by atoms with van der Waals surface area (Å²) in [5.74, 6) is 0.823. The fraction of sp³-hybridized carbons (Fsp3) is 0.714. The molecule has 0 heteroatoms. The molecule has 1 aliphatic carbocycles. The molecule has 0 bridgehead atoms. The average molecular weight is 192 g/mol. The van der Waals surface area contributed by atoms with Crippen molar-refractivity contribution in [3.05, 3.63) is 23.3 Å². The topological polar surface area (TPSA) is 0 Å². The Bertz CT molecular complexity index is 253. The van der Waals surface area contributed by atoms with Crippen LogP contribution >= 0.6 is 0 Å². The Morgan fingerprint density at radius 2 is 2.21 bits per heavy atom. The summed E-state index contributed by atoms with van der Waals surface area (Å²) in [7, 11) is 0. The van der Waals surface area contributed by atoms with Gasteiger partial charge in [-0.1, -0.05) is 44.1 Å². The summed E-state index contributed by atoms with van der Waals surface area (Å²) in [6.07, 6.45) is 8.56. The lowest BCUT2D eigenvalue weighted by Gasteiger charge is -2.29. The van der Waals surface area contributed by atoms with E-state index < -0.39 is 0 Å². The van der Waals surface area contributed by atoms with Gasteiger partial charge in [0.25, 0.3) is 0 Å². The lowest BCUT2D eigenvalue weighted by molar-refractivity contribution is 0.294. The first kappa shape index (κ1) is 11.6. The Kier molecular flexibility index (Phi) is 3.58. The molecule has 1 rings (SSSR count). The van der Waals surface area contributed by atoms with Crippen molar-refractivity contribution in [2.75, 3.05) is 0 Å². The quantitative estimate of drug-likeness (QED) is 0.567. The van der Waals surface area contributed by atoms with Crippen LogP contribution in [0.3, 0.4) is 0 Å². The normalized spacial score (nSPS) is 26.5. The lowest BCUT2D eigenvalue weighted by Crippen LogP contribution is -2.19. The Hall–Kier alpha value is -0.520. The Morgan fingerprint density at radius 3 is 2.64 bits per heavy atom. The zero-order valence-corrected chi connectivity index (χ0v) is 10.4. The van der Waals surface area contributed by atoms with Gasteiger partial charge in [0.2, 0.25) is 0 Å². The molecule has 1 aliphatic rings. The zero-order valence-electron chi connectivity index (χ0n) is 10.4. The van der Waals surface area contributed by atoms with E-state index in [1.54, 1.807) is 5.57 Å². The zero-order chi connectivity index (χ0) is 10.8. The first-order valence-electron chi connectivity index (χ1n) is 5.81. The molecule has 0 aliphatic heterocycles. The molecule has 0 aromatic rings. The van der Waals surface area contributed by atoms with Crippen LogP contribution in [0.5, 0.6) is 0 Å². The SMILES string of the molecule is CCC(C)=CCC1CC=C(C)C1(C)C. The third-order valence-electron chi connectivity index (χ3n) is 4.05. The first-order valence-corrected chi connectivity index (χ1v) is 5.81. The van der Waals surface area contributed by atoms with E-state index >= 15 is 0 Å². The van der Waals surface area contributed by atoms with Gasteiger partial charge in [-0.05, 0) is 44.4 Å². The van der Waals surface area contributed by atoms with Gasteiger partial charge in [-0.15, -0.1) is 0 Å². The highest BCUT2D eigenvalue weighted by Crippen LogP contribution is 2.44. The van der Waals surface area contributed by atoms with Gasteiger partial charge in [-0.2, -0.15) is 0 Å². The second-order valence-electron chi connectivity index (χ2n) is 5.18. The van der Waals surface area contributed by atoms with Crippen LogP contribution in [-0.2, 0) is 0 Å². The minimum absolute atomic E-state index is 0.421. The Morgan fingerprint density at radius 1 is 1.57 bits per heavy atom. The fourth-order valence-corrected chi connectivity index (χ4v) is 2.08. The molecule has 80 valence electrons. The van der Waals surface area contributed by atoms with Crippen LogP contribution in [0.2, 0.25) is 0 Å². The molecular formula is C14H24. The summed E-state index contributed by atoms with van der Waals surface area (Å²) < 4.78 is 0. The van der Waals surface area contributed by atoms with Crippen molar-refractivity contribution >= 4 is 0 Å². The molecule has 14 heavy (non-hydrogen) atoms. The predicted molar refractivity (Wildman–Crippen MR) is 64.3 cm³/mol. The van der Waals surface area contributed by atoms with Crippen molar-refractivity contribution in [3.8, 4) is 0 Å². The van der Waals surface area contributed by atoms with Crippen molar-refractivity contribution in [3.63, 3.8) is 0 Å².